The van der Waals surface area contributed by atoms with E-state index in [0.717, 1.165) is 15.3 Å². The second-order valence-electron chi connectivity index (χ2n) is 4.86. The van der Waals surface area contributed by atoms with E-state index in [-0.39, 0.29) is 10.5 Å². The van der Waals surface area contributed by atoms with Gasteiger partial charge in [-0.05, 0) is 50.2 Å². The first-order valence-electron chi connectivity index (χ1n) is 6.35. The summed E-state index contributed by atoms with van der Waals surface area (Å²) in [6.07, 6.45) is -4.37. The fourth-order valence-electron chi connectivity index (χ4n) is 2.33. The quantitative estimate of drug-likeness (QED) is 0.749. The number of alkyl halides is 3. The monoisotopic (exact) mass is 377 g/mol. The van der Waals surface area contributed by atoms with Gasteiger partial charge in [-0.25, -0.2) is 0 Å². The van der Waals surface area contributed by atoms with Crippen LogP contribution in [0.15, 0.2) is 28.7 Å². The topological polar surface area (TPSA) is 12.0 Å². The third-order valence-corrected chi connectivity index (χ3v) is 5.17. The van der Waals surface area contributed by atoms with Crippen molar-refractivity contribution < 1.29 is 13.2 Å². The highest BCUT2D eigenvalue weighted by atomic mass is 79.9. The van der Waals surface area contributed by atoms with Crippen molar-refractivity contribution in [2.24, 2.45) is 0 Å². The molecule has 114 valence electrons. The summed E-state index contributed by atoms with van der Waals surface area (Å²) in [6, 6.07) is 6.19. The normalized spacial score (nSPS) is 13.5. The van der Waals surface area contributed by atoms with Crippen molar-refractivity contribution in [3.05, 3.63) is 55.2 Å². The number of benzene rings is 1. The zero-order valence-electron chi connectivity index (χ0n) is 11.8. The van der Waals surface area contributed by atoms with Crippen LogP contribution in [0.4, 0.5) is 13.2 Å². The summed E-state index contributed by atoms with van der Waals surface area (Å²) >= 11 is 4.58. The molecule has 1 N–H and O–H groups in total. The third kappa shape index (κ3) is 3.49. The van der Waals surface area contributed by atoms with Gasteiger partial charge in [0.2, 0.25) is 0 Å². The molecule has 0 saturated heterocycles. The fourth-order valence-corrected chi connectivity index (χ4v) is 3.98. The van der Waals surface area contributed by atoms with Gasteiger partial charge in [0.05, 0.1) is 11.6 Å². The number of thiophene rings is 1. The maximum Gasteiger partial charge on any atom is 0.417 e. The van der Waals surface area contributed by atoms with E-state index in [0.29, 0.717) is 5.56 Å². The lowest BCUT2D eigenvalue weighted by Crippen LogP contribution is -2.18. The SMILES string of the molecule is CNC(c1ccc(Br)c(C(F)(F)F)c1)c1sc(C)cc1C. The molecule has 0 spiro atoms. The molecule has 21 heavy (non-hydrogen) atoms. The molecule has 2 aromatic rings. The van der Waals surface area contributed by atoms with Crippen molar-refractivity contribution in [3.8, 4) is 0 Å². The maximum absolute atomic E-state index is 13.0. The first kappa shape index (κ1) is 16.5. The third-order valence-electron chi connectivity index (χ3n) is 3.26. The highest BCUT2D eigenvalue weighted by molar-refractivity contribution is 9.10. The zero-order chi connectivity index (χ0) is 15.8. The molecule has 0 radical (unpaired) electrons. The molecule has 1 heterocycles. The standard InChI is InChI=1S/C15H15BrF3NS/c1-8-6-9(2)21-14(8)13(20-3)10-4-5-12(16)11(7-10)15(17,18)19/h4-7,13,20H,1-3H3. The van der Waals surface area contributed by atoms with Crippen LogP contribution in [0.25, 0.3) is 0 Å². The Hall–Kier alpha value is -0.850. The zero-order valence-corrected chi connectivity index (χ0v) is 14.2. The molecule has 1 aromatic heterocycles. The van der Waals surface area contributed by atoms with E-state index in [2.05, 4.69) is 21.2 Å². The summed E-state index contributed by atoms with van der Waals surface area (Å²) in [5.41, 5.74) is 1.05. The average molecular weight is 378 g/mol. The van der Waals surface area contributed by atoms with Crippen LogP contribution in [0.1, 0.15) is 32.5 Å². The second-order valence-corrected chi connectivity index (χ2v) is 7.01. The summed E-state index contributed by atoms with van der Waals surface area (Å²) in [5.74, 6) is 0. The Morgan fingerprint density at radius 3 is 2.33 bits per heavy atom. The summed E-state index contributed by atoms with van der Waals surface area (Å²) in [4.78, 5) is 2.20. The van der Waals surface area contributed by atoms with E-state index in [9.17, 15) is 13.2 Å². The Labute approximate surface area is 134 Å². The molecule has 0 bridgehead atoms. The van der Waals surface area contributed by atoms with Gasteiger partial charge in [0.15, 0.2) is 0 Å². The predicted molar refractivity (Wildman–Crippen MR) is 83.8 cm³/mol. The van der Waals surface area contributed by atoms with Gasteiger partial charge < -0.3 is 5.32 Å². The molecule has 1 unspecified atom stereocenters. The van der Waals surface area contributed by atoms with Crippen LogP contribution < -0.4 is 5.32 Å². The first-order valence-corrected chi connectivity index (χ1v) is 7.96. The highest BCUT2D eigenvalue weighted by Crippen LogP contribution is 2.38. The van der Waals surface area contributed by atoms with Gasteiger partial charge in [0, 0.05) is 14.2 Å². The van der Waals surface area contributed by atoms with Crippen molar-refractivity contribution in [2.75, 3.05) is 7.05 Å². The highest BCUT2D eigenvalue weighted by Gasteiger charge is 2.33. The van der Waals surface area contributed by atoms with Crippen LogP contribution >= 0.6 is 27.3 Å². The van der Waals surface area contributed by atoms with Gasteiger partial charge in [0.1, 0.15) is 0 Å². The molecular weight excluding hydrogens is 363 g/mol. The summed E-state index contributed by atoms with van der Waals surface area (Å²) in [5, 5.41) is 3.11. The maximum atomic E-state index is 13.0. The van der Waals surface area contributed by atoms with Gasteiger partial charge in [-0.2, -0.15) is 13.2 Å². The Morgan fingerprint density at radius 2 is 1.86 bits per heavy atom. The van der Waals surface area contributed by atoms with E-state index in [1.165, 1.54) is 12.1 Å². The van der Waals surface area contributed by atoms with E-state index in [1.54, 1.807) is 24.5 Å². The largest absolute Gasteiger partial charge is 0.417 e. The molecule has 0 aliphatic heterocycles. The van der Waals surface area contributed by atoms with Gasteiger partial charge >= 0.3 is 6.18 Å². The summed E-state index contributed by atoms with van der Waals surface area (Å²) < 4.78 is 39.2. The number of rotatable bonds is 3. The molecule has 1 atom stereocenters. The van der Waals surface area contributed by atoms with Crippen molar-refractivity contribution in [1.29, 1.82) is 0 Å². The molecule has 0 fully saturated rings. The minimum absolute atomic E-state index is 0.0627. The van der Waals surface area contributed by atoms with E-state index in [4.69, 9.17) is 0 Å². The van der Waals surface area contributed by atoms with Gasteiger partial charge in [-0.15, -0.1) is 11.3 Å². The molecule has 1 nitrogen and oxygen atoms in total. The van der Waals surface area contributed by atoms with Crippen LogP contribution in [0.5, 0.6) is 0 Å². The number of hydrogen-bond donors (Lipinski definition) is 1. The smallest absolute Gasteiger partial charge is 0.309 e. The van der Waals surface area contributed by atoms with Crippen LogP contribution in [-0.2, 0) is 6.18 Å². The van der Waals surface area contributed by atoms with Crippen LogP contribution in [-0.4, -0.2) is 7.05 Å². The average Bonchev–Trinajstić information content (AvgIpc) is 2.70. The van der Waals surface area contributed by atoms with Crippen molar-refractivity contribution in [1.82, 2.24) is 5.32 Å². The van der Waals surface area contributed by atoms with Crippen molar-refractivity contribution in [2.45, 2.75) is 26.1 Å². The summed E-state index contributed by atoms with van der Waals surface area (Å²) in [7, 11) is 1.76. The number of hydrogen-bond acceptors (Lipinski definition) is 2. The van der Waals surface area contributed by atoms with E-state index in [1.807, 2.05) is 19.9 Å². The molecule has 0 aliphatic rings. The number of nitrogens with one attached hydrogen (secondary N) is 1. The molecule has 1 aromatic carbocycles. The van der Waals surface area contributed by atoms with E-state index < -0.39 is 11.7 Å². The Bertz CT molecular complexity index is 649. The fraction of sp³-hybridized carbons (Fsp3) is 0.333. The van der Waals surface area contributed by atoms with Crippen LogP contribution in [0, 0.1) is 13.8 Å². The molecular formula is C15H15BrF3NS. The molecule has 6 heteroatoms. The Morgan fingerprint density at radius 1 is 1.19 bits per heavy atom. The molecule has 0 saturated carbocycles. The minimum Gasteiger partial charge on any atom is -0.309 e. The van der Waals surface area contributed by atoms with Crippen LogP contribution in [0.3, 0.4) is 0 Å². The van der Waals surface area contributed by atoms with Gasteiger partial charge in [-0.3, -0.25) is 0 Å². The van der Waals surface area contributed by atoms with E-state index >= 15 is 0 Å². The number of halogens is 4. The molecule has 0 aliphatic carbocycles. The lowest BCUT2D eigenvalue weighted by atomic mass is 10.0. The molecule has 2 rings (SSSR count). The molecule has 0 amide bonds. The second kappa shape index (κ2) is 6.10. The lowest BCUT2D eigenvalue weighted by molar-refractivity contribution is -0.138. The predicted octanol–water partition coefficient (Wildman–Crippen LogP) is 5.46. The van der Waals surface area contributed by atoms with Crippen molar-refractivity contribution >= 4 is 27.3 Å². The van der Waals surface area contributed by atoms with Gasteiger partial charge in [-0.1, -0.05) is 22.0 Å². The Balaban J connectivity index is 2.51. The van der Waals surface area contributed by atoms with Crippen molar-refractivity contribution in [3.63, 3.8) is 0 Å². The minimum atomic E-state index is -4.37. The Kier molecular flexibility index (Phi) is 4.80. The first-order chi connectivity index (χ1) is 9.74. The lowest BCUT2D eigenvalue weighted by Gasteiger charge is -2.19. The van der Waals surface area contributed by atoms with Gasteiger partial charge in [0.25, 0.3) is 0 Å². The van der Waals surface area contributed by atoms with Crippen LogP contribution in [0.2, 0.25) is 0 Å². The number of aryl methyl sites for hydroxylation is 2. The summed E-state index contributed by atoms with van der Waals surface area (Å²) in [6.45, 7) is 3.98.